The fourth-order valence-corrected chi connectivity index (χ4v) is 4.77. The molecule has 2 aromatic rings. The summed E-state index contributed by atoms with van der Waals surface area (Å²) < 4.78 is 36.8. The zero-order valence-corrected chi connectivity index (χ0v) is 32.1. The third kappa shape index (κ3) is 14.8. The van der Waals surface area contributed by atoms with Crippen LogP contribution in [0.4, 0.5) is 8.78 Å². The number of aryl methyl sites for hydroxylation is 1. The summed E-state index contributed by atoms with van der Waals surface area (Å²) in [5, 5.41) is 17.4. The van der Waals surface area contributed by atoms with Gasteiger partial charge in [0.25, 0.3) is 11.8 Å². The summed E-state index contributed by atoms with van der Waals surface area (Å²) in [6, 6.07) is 10.3. The predicted octanol–water partition coefficient (Wildman–Crippen LogP) is 2.12. The van der Waals surface area contributed by atoms with Gasteiger partial charge in [0.2, 0.25) is 12.0 Å². The van der Waals surface area contributed by atoms with Gasteiger partial charge in [0.05, 0.1) is 24.0 Å². The van der Waals surface area contributed by atoms with Crippen LogP contribution in [0.25, 0.3) is 0 Å². The summed E-state index contributed by atoms with van der Waals surface area (Å²) >= 11 is 2.24. The van der Waals surface area contributed by atoms with Gasteiger partial charge in [0.1, 0.15) is 5.75 Å². The van der Waals surface area contributed by atoms with E-state index in [4.69, 9.17) is 15.2 Å². The maximum atomic E-state index is 13.3. The van der Waals surface area contributed by atoms with Gasteiger partial charge in [-0.25, -0.2) is 13.6 Å². The quantitative estimate of drug-likeness (QED) is 0.121. The van der Waals surface area contributed by atoms with E-state index in [2.05, 4.69) is 34.6 Å². The van der Waals surface area contributed by atoms with Gasteiger partial charge in [-0.05, 0) is 50.5 Å². The van der Waals surface area contributed by atoms with Gasteiger partial charge < -0.3 is 25.2 Å². The molecule has 3 rings (SSSR count). The first-order chi connectivity index (χ1) is 22.3. The zero-order chi connectivity index (χ0) is 36.8. The van der Waals surface area contributed by atoms with Crippen molar-refractivity contribution in [3.8, 4) is 5.75 Å². The van der Waals surface area contributed by atoms with Gasteiger partial charge in [-0.2, -0.15) is 0 Å². The number of amides is 2. The molecule has 11 nitrogen and oxygen atoms in total. The number of rotatable bonds is 10. The molecule has 0 saturated carbocycles. The molecular weight excluding hydrogens is 881 g/mol. The Hall–Kier alpha value is -2.87. The number of likely N-dealkylation sites (N-methyl/N-ethyl adjacent to an activating group) is 1. The van der Waals surface area contributed by atoms with Crippen molar-refractivity contribution in [1.82, 2.24) is 16.0 Å². The van der Waals surface area contributed by atoms with E-state index < -0.39 is 59.9 Å². The number of esters is 2. The summed E-state index contributed by atoms with van der Waals surface area (Å²) in [6.07, 6.45) is -1.46. The molecule has 1 heterocycles. The fourth-order valence-electron chi connectivity index (χ4n) is 4.77. The van der Waals surface area contributed by atoms with E-state index in [1.807, 2.05) is 6.07 Å². The van der Waals surface area contributed by atoms with Crippen LogP contribution >= 0.6 is 18.6 Å². The summed E-state index contributed by atoms with van der Waals surface area (Å²) in [7, 11) is 0. The van der Waals surface area contributed by atoms with Crippen LogP contribution in [-0.4, -0.2) is 77.7 Å². The number of carbonyl (C=O) groups excluding carboxylic acids is 4. The van der Waals surface area contributed by atoms with Crippen molar-refractivity contribution >= 4 is 54.0 Å². The van der Waals surface area contributed by atoms with Crippen molar-refractivity contribution in [2.45, 2.75) is 93.9 Å². The number of benzene rings is 2. The van der Waals surface area contributed by atoms with Gasteiger partial charge in [0.15, 0.2) is 0 Å². The van der Waals surface area contributed by atoms with E-state index in [0.717, 1.165) is 12.5 Å². The average molecular weight is 930 g/mol. The average Bonchev–Trinajstić information content (AvgIpc) is 3.20. The van der Waals surface area contributed by atoms with Gasteiger partial charge in [-0.1, -0.05) is 59.0 Å². The number of nitrogens with one attached hydrogen (secondary N) is 3. The molecule has 2 radical (unpaired) electrons. The van der Waals surface area contributed by atoms with Crippen molar-refractivity contribution in [1.29, 1.82) is 0 Å². The van der Waals surface area contributed by atoms with Crippen LogP contribution in [0.1, 0.15) is 76.5 Å². The van der Waals surface area contributed by atoms with Crippen molar-refractivity contribution in [3.05, 3.63) is 64.7 Å². The van der Waals surface area contributed by atoms with Crippen LogP contribution in [0, 0.1) is 19.3 Å². The van der Waals surface area contributed by atoms with E-state index in [1.54, 1.807) is 57.2 Å². The Bertz CT molecular complexity index is 1430. The first-order valence-corrected chi connectivity index (χ1v) is 22.2. The topological polar surface area (TPSA) is 160 Å². The molecule has 16 heteroatoms. The fraction of sp³-hybridized carbons (Fsp3) is 0.500. The number of halogens is 4. The molecule has 1 fully saturated rings. The first-order valence-electron chi connectivity index (χ1n) is 14.7. The molecular formula is C34H49BF2I2N3O8-. The minimum atomic E-state index is -2.83. The number of carboxylic acids is 1. The van der Waals surface area contributed by atoms with Crippen molar-refractivity contribution in [3.63, 3.8) is 0 Å². The normalized spacial score (nSPS) is 16.2. The molecule has 2 aromatic carbocycles. The maximum absolute atomic E-state index is 13.3. The predicted molar refractivity (Wildman–Crippen MR) is 194 cm³/mol. The Morgan fingerprint density at radius 3 is 2.08 bits per heavy atom. The first kappa shape index (κ1) is 49.2. The third-order valence-electron chi connectivity index (χ3n) is 7.33. The van der Waals surface area contributed by atoms with Crippen LogP contribution in [0.2, 0.25) is 0 Å². The number of alkyl halides is 2. The molecule has 1 aliphatic rings. The van der Waals surface area contributed by atoms with E-state index >= 15 is 0 Å². The van der Waals surface area contributed by atoms with Gasteiger partial charge in [-0.15, -0.1) is 0 Å². The second-order valence-corrected chi connectivity index (χ2v) is 15.0. The van der Waals surface area contributed by atoms with Crippen LogP contribution in [-0.2, 0) is 30.3 Å². The molecule has 0 spiro atoms. The monoisotopic (exact) mass is 930 g/mol. The molecule has 1 saturated heterocycles. The van der Waals surface area contributed by atoms with Crippen molar-refractivity contribution < 1.29 is 64.3 Å². The van der Waals surface area contributed by atoms with Crippen LogP contribution in [0.15, 0.2) is 42.5 Å². The minimum absolute atomic E-state index is 0. The number of hydrogen-bond acceptors (Lipinski definition) is 8. The van der Waals surface area contributed by atoms with Gasteiger partial charge in [0, 0.05) is 31.5 Å². The van der Waals surface area contributed by atoms with E-state index in [-0.39, 0.29) is 55.5 Å². The Balaban J connectivity index is 0. The van der Waals surface area contributed by atoms with Gasteiger partial charge >= 0.3 is 59.2 Å². The molecule has 280 valence electrons. The van der Waals surface area contributed by atoms with Crippen molar-refractivity contribution in [2.24, 2.45) is 5.41 Å². The number of aliphatic carboxylic acids is 1. The number of carboxylic acid groups (broad SMARTS) is 1. The van der Waals surface area contributed by atoms with E-state index in [9.17, 15) is 37.9 Å². The number of carbonyl (C=O) groups is 5. The Morgan fingerprint density at radius 2 is 1.64 bits per heavy atom. The second kappa shape index (κ2) is 22.8. The molecule has 1 unspecified atom stereocenters. The Kier molecular flexibility index (Phi) is 22.5. The van der Waals surface area contributed by atoms with Gasteiger partial charge in [-0.3, -0.25) is 24.5 Å². The number of ether oxygens (including phenoxy) is 2. The summed E-state index contributed by atoms with van der Waals surface area (Å²) in [5.74, 6) is -6.19. The Morgan fingerprint density at radius 1 is 1.08 bits per heavy atom. The van der Waals surface area contributed by atoms with Crippen molar-refractivity contribution in [2.75, 3.05) is 13.1 Å². The molecule has 0 aliphatic carbocycles. The molecule has 0 aromatic heterocycles. The second-order valence-electron chi connectivity index (χ2n) is 11.4. The van der Waals surface area contributed by atoms with E-state index in [0.29, 0.717) is 17.7 Å². The standard InChI is InChI=1S/C23H25NO7.C9H16F2N2O.2CH4.BI2/c1-13-10-18(14(2)20(11-13)30-15(3)25)22(27)24-19(12-17-8-6-5-7-9-17)21(23(28)29)31-16(4)26;1-4-12-7(14)6-8(2,3)9(10,11)5-13-6;;;1-3-2/h5-11,19,21H,12H2,1-4H3,(H,24,27)(H,28,29);6,13H,4-5H2,1-3H3,(H,12,14);2*1H4;/q;;;;-1/t19-,21-;;;;/m0..../s1. The summed E-state index contributed by atoms with van der Waals surface area (Å²) in [4.78, 5) is 59.2. The molecule has 50 heavy (non-hydrogen) atoms. The van der Waals surface area contributed by atoms with E-state index in [1.165, 1.54) is 20.8 Å². The van der Waals surface area contributed by atoms with Crippen LogP contribution in [0.3, 0.4) is 0 Å². The summed E-state index contributed by atoms with van der Waals surface area (Å²) in [6.45, 7) is 10.3. The molecule has 2 amide bonds. The zero-order valence-electron chi connectivity index (χ0n) is 27.8. The molecule has 3 atom stereocenters. The SMILES string of the molecule is C.C.CC(=O)Oc1cc(C)cc(C(=O)N[C@@H](Cc2ccccc2)[C@H](OC(C)=O)C(=O)O)c1C.CCNC(=O)C1NCC(F)(F)C1(C)C.[B][I-]I. The Labute approximate surface area is 315 Å². The molecule has 1 aliphatic heterocycles. The third-order valence-corrected chi connectivity index (χ3v) is 7.33. The van der Waals surface area contributed by atoms with Crippen LogP contribution in [0.5, 0.6) is 5.75 Å². The molecule has 4 N–H and O–H groups in total. The number of hydrogen-bond donors (Lipinski definition) is 4. The molecule has 0 bridgehead atoms. The van der Waals surface area contributed by atoms with Crippen LogP contribution < -0.4 is 37.7 Å². The summed E-state index contributed by atoms with van der Waals surface area (Å²) in [5.41, 5.74) is 5.71.